The Morgan fingerprint density at radius 3 is 2.47 bits per heavy atom. The standard InChI is InChI=1S/C20H17F3N4O3/c1-30-19(29)14-8-6-13(7-9-14)10-11-24-18(28)16-12-27(26-25-16)17-5-3-2-4-15(17)20(21,22)23/h2-9,12H,10-11H2,1H3,(H,24,28). The van der Waals surface area contributed by atoms with E-state index in [0.717, 1.165) is 22.5 Å². The molecule has 2 aromatic carbocycles. The quantitative estimate of drug-likeness (QED) is 0.622. The maximum atomic E-state index is 13.2. The highest BCUT2D eigenvalue weighted by Gasteiger charge is 2.34. The van der Waals surface area contributed by atoms with Crippen LogP contribution in [0.15, 0.2) is 54.7 Å². The minimum atomic E-state index is -4.56. The van der Waals surface area contributed by atoms with Crippen molar-refractivity contribution in [3.8, 4) is 5.69 Å². The lowest BCUT2D eigenvalue weighted by Crippen LogP contribution is -2.26. The number of benzene rings is 2. The highest BCUT2D eigenvalue weighted by molar-refractivity contribution is 5.92. The van der Waals surface area contributed by atoms with E-state index in [1.807, 2.05) is 0 Å². The van der Waals surface area contributed by atoms with Crippen LogP contribution in [0.5, 0.6) is 0 Å². The molecule has 0 saturated heterocycles. The first-order chi connectivity index (χ1) is 14.3. The third-order valence-corrected chi connectivity index (χ3v) is 4.26. The summed E-state index contributed by atoms with van der Waals surface area (Å²) in [6, 6.07) is 11.6. The van der Waals surface area contributed by atoms with Crippen molar-refractivity contribution >= 4 is 11.9 Å². The Morgan fingerprint density at radius 1 is 1.10 bits per heavy atom. The van der Waals surface area contributed by atoms with Gasteiger partial charge in [-0.05, 0) is 36.2 Å². The molecule has 0 aliphatic carbocycles. The lowest BCUT2D eigenvalue weighted by Gasteiger charge is -2.11. The Morgan fingerprint density at radius 2 is 1.80 bits per heavy atom. The molecule has 7 nitrogen and oxygen atoms in total. The Labute approximate surface area is 169 Å². The van der Waals surface area contributed by atoms with Crippen LogP contribution in [0.4, 0.5) is 13.2 Å². The largest absolute Gasteiger partial charge is 0.465 e. The van der Waals surface area contributed by atoms with Gasteiger partial charge in [0.2, 0.25) is 0 Å². The molecule has 10 heteroatoms. The predicted octanol–water partition coefficient (Wildman–Crippen LogP) is 3.05. The number of hydrogen-bond donors (Lipinski definition) is 1. The minimum Gasteiger partial charge on any atom is -0.465 e. The summed E-state index contributed by atoms with van der Waals surface area (Å²) in [4.78, 5) is 23.6. The minimum absolute atomic E-state index is 0.104. The molecule has 1 N–H and O–H groups in total. The van der Waals surface area contributed by atoms with Gasteiger partial charge >= 0.3 is 12.1 Å². The number of halogens is 3. The number of hydrogen-bond acceptors (Lipinski definition) is 5. The second-order valence-corrected chi connectivity index (χ2v) is 6.26. The van der Waals surface area contributed by atoms with E-state index in [1.165, 1.54) is 25.3 Å². The fraction of sp³-hybridized carbons (Fsp3) is 0.200. The molecule has 3 aromatic rings. The van der Waals surface area contributed by atoms with Gasteiger partial charge in [-0.25, -0.2) is 9.48 Å². The van der Waals surface area contributed by atoms with Crippen LogP contribution in [0.2, 0.25) is 0 Å². The molecule has 0 fully saturated rings. The Hall–Kier alpha value is -3.69. The SMILES string of the molecule is COC(=O)c1ccc(CCNC(=O)c2cn(-c3ccccc3C(F)(F)F)nn2)cc1. The molecule has 0 radical (unpaired) electrons. The van der Waals surface area contributed by atoms with Gasteiger partial charge in [-0.3, -0.25) is 4.79 Å². The van der Waals surface area contributed by atoms with Crippen molar-refractivity contribution < 1.29 is 27.5 Å². The summed E-state index contributed by atoms with van der Waals surface area (Å²) in [6.45, 7) is 0.266. The van der Waals surface area contributed by atoms with Crippen LogP contribution in [0.3, 0.4) is 0 Å². The van der Waals surface area contributed by atoms with Crippen LogP contribution in [0, 0.1) is 0 Å². The molecule has 0 unspecified atom stereocenters. The van der Waals surface area contributed by atoms with Crippen molar-refractivity contribution in [3.05, 3.63) is 77.1 Å². The van der Waals surface area contributed by atoms with E-state index in [4.69, 9.17) is 0 Å². The van der Waals surface area contributed by atoms with Gasteiger partial charge in [-0.15, -0.1) is 5.10 Å². The molecular formula is C20H17F3N4O3. The molecule has 0 saturated carbocycles. The summed E-state index contributed by atoms with van der Waals surface area (Å²) < 4.78 is 45.0. The zero-order valence-electron chi connectivity index (χ0n) is 15.8. The van der Waals surface area contributed by atoms with E-state index in [2.05, 4.69) is 20.4 Å². The number of nitrogens with zero attached hydrogens (tertiary/aromatic N) is 3. The zero-order valence-corrected chi connectivity index (χ0v) is 15.8. The average Bonchev–Trinajstić information content (AvgIpc) is 3.23. The van der Waals surface area contributed by atoms with E-state index >= 15 is 0 Å². The van der Waals surface area contributed by atoms with Gasteiger partial charge in [0, 0.05) is 6.54 Å². The number of carbonyl (C=O) groups excluding carboxylic acids is 2. The molecule has 1 amide bonds. The maximum absolute atomic E-state index is 13.2. The van der Waals surface area contributed by atoms with Crippen LogP contribution >= 0.6 is 0 Å². The molecule has 0 atom stereocenters. The van der Waals surface area contributed by atoms with E-state index in [1.54, 1.807) is 24.3 Å². The van der Waals surface area contributed by atoms with Gasteiger partial charge < -0.3 is 10.1 Å². The summed E-state index contributed by atoms with van der Waals surface area (Å²) >= 11 is 0. The highest BCUT2D eigenvalue weighted by atomic mass is 19.4. The molecule has 1 heterocycles. The van der Waals surface area contributed by atoms with Gasteiger partial charge in [0.1, 0.15) is 0 Å². The number of nitrogens with one attached hydrogen (secondary N) is 1. The molecule has 0 spiro atoms. The number of rotatable bonds is 6. The van der Waals surface area contributed by atoms with E-state index < -0.39 is 23.6 Å². The second-order valence-electron chi connectivity index (χ2n) is 6.26. The third-order valence-electron chi connectivity index (χ3n) is 4.26. The smallest absolute Gasteiger partial charge is 0.418 e. The molecular weight excluding hydrogens is 401 g/mol. The number of amides is 1. The van der Waals surface area contributed by atoms with Crippen LogP contribution in [0.1, 0.15) is 32.0 Å². The summed E-state index contributed by atoms with van der Waals surface area (Å²) in [5.74, 6) is -0.998. The van der Waals surface area contributed by atoms with Gasteiger partial charge in [-0.1, -0.05) is 29.5 Å². The highest BCUT2D eigenvalue weighted by Crippen LogP contribution is 2.33. The summed E-state index contributed by atoms with van der Waals surface area (Å²) in [5, 5.41) is 9.95. The van der Waals surface area contributed by atoms with Crippen LogP contribution in [-0.4, -0.2) is 40.5 Å². The van der Waals surface area contributed by atoms with Gasteiger partial charge in [0.15, 0.2) is 5.69 Å². The Bertz CT molecular complexity index is 1050. The maximum Gasteiger partial charge on any atom is 0.418 e. The first kappa shape index (κ1) is 21.0. The molecule has 30 heavy (non-hydrogen) atoms. The second kappa shape index (κ2) is 8.76. The number of alkyl halides is 3. The fourth-order valence-corrected chi connectivity index (χ4v) is 2.73. The van der Waals surface area contributed by atoms with Crippen molar-refractivity contribution in [1.82, 2.24) is 20.3 Å². The van der Waals surface area contributed by atoms with E-state index in [9.17, 15) is 22.8 Å². The lowest BCUT2D eigenvalue weighted by molar-refractivity contribution is -0.137. The summed E-state index contributed by atoms with van der Waals surface area (Å²) in [6.07, 6.45) is -2.93. The monoisotopic (exact) mass is 418 g/mol. The molecule has 156 valence electrons. The first-order valence-corrected chi connectivity index (χ1v) is 8.84. The van der Waals surface area contributed by atoms with Crippen molar-refractivity contribution in [2.24, 2.45) is 0 Å². The molecule has 0 bridgehead atoms. The zero-order chi connectivity index (χ0) is 21.7. The molecule has 0 aliphatic heterocycles. The molecule has 0 aliphatic rings. The number of ether oxygens (including phenoxy) is 1. The number of methoxy groups -OCH3 is 1. The first-order valence-electron chi connectivity index (χ1n) is 8.84. The average molecular weight is 418 g/mol. The van der Waals surface area contributed by atoms with Crippen molar-refractivity contribution in [2.75, 3.05) is 13.7 Å². The van der Waals surface area contributed by atoms with E-state index in [0.29, 0.717) is 12.0 Å². The van der Waals surface area contributed by atoms with Gasteiger partial charge in [-0.2, -0.15) is 13.2 Å². The Balaban J connectivity index is 1.62. The van der Waals surface area contributed by atoms with Crippen LogP contribution in [0.25, 0.3) is 5.69 Å². The van der Waals surface area contributed by atoms with Gasteiger partial charge in [0.25, 0.3) is 5.91 Å². The summed E-state index contributed by atoms with van der Waals surface area (Å²) in [7, 11) is 1.30. The normalized spacial score (nSPS) is 11.2. The molecule has 1 aromatic heterocycles. The number of para-hydroxylation sites is 1. The van der Waals surface area contributed by atoms with Crippen LogP contribution in [-0.2, 0) is 17.3 Å². The molecule has 3 rings (SSSR count). The lowest BCUT2D eigenvalue weighted by atomic mass is 10.1. The Kier molecular flexibility index (Phi) is 6.14. The third kappa shape index (κ3) is 4.83. The van der Waals surface area contributed by atoms with Crippen LogP contribution < -0.4 is 5.32 Å². The summed E-state index contributed by atoms with van der Waals surface area (Å²) in [5.41, 5.74) is 0.0965. The van der Waals surface area contributed by atoms with Crippen molar-refractivity contribution in [1.29, 1.82) is 0 Å². The predicted molar refractivity (Wildman–Crippen MR) is 100 cm³/mol. The number of aromatic nitrogens is 3. The van der Waals surface area contributed by atoms with E-state index in [-0.39, 0.29) is 17.9 Å². The number of esters is 1. The number of carbonyl (C=O) groups is 2. The van der Waals surface area contributed by atoms with Crippen molar-refractivity contribution in [2.45, 2.75) is 12.6 Å². The van der Waals surface area contributed by atoms with Crippen molar-refractivity contribution in [3.63, 3.8) is 0 Å². The fourth-order valence-electron chi connectivity index (χ4n) is 2.73. The van der Waals surface area contributed by atoms with Gasteiger partial charge in [0.05, 0.1) is 30.1 Å². The topological polar surface area (TPSA) is 86.1 Å².